The second-order valence-corrected chi connectivity index (χ2v) is 3.64. The Morgan fingerprint density at radius 2 is 2.23 bits per heavy atom. The summed E-state index contributed by atoms with van der Waals surface area (Å²) in [5.41, 5.74) is 2.17. The van der Waals surface area contributed by atoms with Gasteiger partial charge in [-0.15, -0.1) is 11.6 Å². The molecule has 0 aromatic heterocycles. The fraction of sp³-hybridized carbons (Fsp3) is 0.455. The number of hydrogen-bond acceptors (Lipinski definition) is 1. The van der Waals surface area contributed by atoms with E-state index in [9.17, 15) is 5.11 Å². The topological polar surface area (TPSA) is 20.2 Å². The molecule has 1 nitrogen and oxygen atoms in total. The molecule has 0 heterocycles. The molecule has 72 valence electrons. The zero-order valence-electron chi connectivity index (χ0n) is 7.83. The van der Waals surface area contributed by atoms with E-state index < -0.39 is 0 Å². The van der Waals surface area contributed by atoms with Crippen molar-refractivity contribution in [2.24, 2.45) is 0 Å². The summed E-state index contributed by atoms with van der Waals surface area (Å²) < 4.78 is 0. The molecule has 1 N–H and O–H groups in total. The summed E-state index contributed by atoms with van der Waals surface area (Å²) in [6, 6.07) is 7.96. The van der Waals surface area contributed by atoms with E-state index in [1.807, 2.05) is 31.2 Å². The van der Waals surface area contributed by atoms with Crippen molar-refractivity contribution in [2.45, 2.75) is 25.9 Å². The Balaban J connectivity index is 2.60. The van der Waals surface area contributed by atoms with Crippen LogP contribution < -0.4 is 0 Å². The van der Waals surface area contributed by atoms with Crippen molar-refractivity contribution >= 4 is 11.6 Å². The molecule has 0 aliphatic carbocycles. The summed E-state index contributed by atoms with van der Waals surface area (Å²) in [5.74, 6) is 0.614. The van der Waals surface area contributed by atoms with Gasteiger partial charge in [0, 0.05) is 5.88 Å². The van der Waals surface area contributed by atoms with Crippen molar-refractivity contribution in [1.82, 2.24) is 0 Å². The van der Waals surface area contributed by atoms with Crippen LogP contribution in [0.5, 0.6) is 0 Å². The summed E-state index contributed by atoms with van der Waals surface area (Å²) in [7, 11) is 0. The lowest BCUT2D eigenvalue weighted by atomic mass is 10.0. The summed E-state index contributed by atoms with van der Waals surface area (Å²) in [6.45, 7) is 2.03. The van der Waals surface area contributed by atoms with E-state index >= 15 is 0 Å². The van der Waals surface area contributed by atoms with E-state index in [0.717, 1.165) is 18.4 Å². The maximum atomic E-state index is 9.72. The van der Waals surface area contributed by atoms with E-state index in [0.29, 0.717) is 5.88 Å². The van der Waals surface area contributed by atoms with E-state index in [1.54, 1.807) is 0 Å². The third-order valence-corrected chi connectivity index (χ3v) is 2.31. The first-order valence-electron chi connectivity index (χ1n) is 4.54. The van der Waals surface area contributed by atoms with Crippen LogP contribution in [0.2, 0.25) is 0 Å². The molecule has 0 saturated heterocycles. The highest BCUT2D eigenvalue weighted by molar-refractivity contribution is 6.17. The SMILES string of the molecule is Cc1cccc(C(O)CCCCl)c1. The van der Waals surface area contributed by atoms with Gasteiger partial charge in [0.2, 0.25) is 0 Å². The molecule has 0 fully saturated rings. The minimum absolute atomic E-state index is 0.362. The molecule has 0 spiro atoms. The molecule has 0 amide bonds. The first kappa shape index (κ1) is 10.6. The van der Waals surface area contributed by atoms with Gasteiger partial charge in [0.25, 0.3) is 0 Å². The number of alkyl halides is 1. The van der Waals surface area contributed by atoms with Crippen LogP contribution in [0.25, 0.3) is 0 Å². The molecular formula is C11H15ClO. The monoisotopic (exact) mass is 198 g/mol. The van der Waals surface area contributed by atoms with Crippen LogP contribution in [0.4, 0.5) is 0 Å². The third-order valence-electron chi connectivity index (χ3n) is 2.04. The Bertz CT molecular complexity index is 260. The highest BCUT2D eigenvalue weighted by atomic mass is 35.5. The third kappa shape index (κ3) is 3.37. The predicted octanol–water partition coefficient (Wildman–Crippen LogP) is 3.05. The highest BCUT2D eigenvalue weighted by Gasteiger charge is 2.05. The predicted molar refractivity (Wildman–Crippen MR) is 56.1 cm³/mol. The molecule has 0 saturated carbocycles. The smallest absolute Gasteiger partial charge is 0.0790 e. The van der Waals surface area contributed by atoms with Gasteiger partial charge in [-0.05, 0) is 25.3 Å². The molecule has 13 heavy (non-hydrogen) atoms. The Morgan fingerprint density at radius 1 is 1.46 bits per heavy atom. The largest absolute Gasteiger partial charge is 0.388 e. The van der Waals surface area contributed by atoms with Crippen molar-refractivity contribution in [3.05, 3.63) is 35.4 Å². The van der Waals surface area contributed by atoms with Gasteiger partial charge in [-0.1, -0.05) is 29.8 Å². The second kappa shape index (κ2) is 5.25. The van der Waals surface area contributed by atoms with Gasteiger partial charge in [-0.2, -0.15) is 0 Å². The van der Waals surface area contributed by atoms with Crippen molar-refractivity contribution in [3.8, 4) is 0 Å². The zero-order chi connectivity index (χ0) is 9.68. The molecule has 1 unspecified atom stereocenters. The lowest BCUT2D eigenvalue weighted by Gasteiger charge is -2.10. The summed E-state index contributed by atoms with van der Waals surface area (Å²) in [4.78, 5) is 0. The van der Waals surface area contributed by atoms with Crippen molar-refractivity contribution in [1.29, 1.82) is 0 Å². The zero-order valence-corrected chi connectivity index (χ0v) is 8.59. The molecule has 0 bridgehead atoms. The average Bonchev–Trinajstić information content (AvgIpc) is 2.14. The minimum Gasteiger partial charge on any atom is -0.388 e. The van der Waals surface area contributed by atoms with Gasteiger partial charge in [0.05, 0.1) is 6.10 Å². The van der Waals surface area contributed by atoms with E-state index in [4.69, 9.17) is 11.6 Å². The quantitative estimate of drug-likeness (QED) is 0.738. The Hall–Kier alpha value is -0.530. The Kier molecular flexibility index (Phi) is 4.26. The first-order valence-corrected chi connectivity index (χ1v) is 5.08. The number of aliphatic hydroxyl groups is 1. The second-order valence-electron chi connectivity index (χ2n) is 3.26. The number of halogens is 1. The van der Waals surface area contributed by atoms with Crippen LogP contribution in [0.15, 0.2) is 24.3 Å². The van der Waals surface area contributed by atoms with Crippen LogP contribution in [0.1, 0.15) is 30.1 Å². The van der Waals surface area contributed by atoms with Crippen LogP contribution >= 0.6 is 11.6 Å². The number of aryl methyl sites for hydroxylation is 1. The van der Waals surface area contributed by atoms with Crippen molar-refractivity contribution < 1.29 is 5.11 Å². The van der Waals surface area contributed by atoms with E-state index in [2.05, 4.69) is 0 Å². The number of aliphatic hydroxyl groups excluding tert-OH is 1. The van der Waals surface area contributed by atoms with Gasteiger partial charge < -0.3 is 5.11 Å². The molecule has 0 radical (unpaired) electrons. The molecule has 1 aromatic rings. The molecular weight excluding hydrogens is 184 g/mol. The molecule has 0 aliphatic heterocycles. The molecule has 1 aromatic carbocycles. The van der Waals surface area contributed by atoms with Gasteiger partial charge in [-0.25, -0.2) is 0 Å². The van der Waals surface area contributed by atoms with Crippen molar-refractivity contribution in [3.63, 3.8) is 0 Å². The highest BCUT2D eigenvalue weighted by Crippen LogP contribution is 2.19. The van der Waals surface area contributed by atoms with Crippen LogP contribution in [0.3, 0.4) is 0 Å². The first-order chi connectivity index (χ1) is 6.24. The molecule has 1 atom stereocenters. The average molecular weight is 199 g/mol. The van der Waals surface area contributed by atoms with Crippen LogP contribution in [-0.4, -0.2) is 11.0 Å². The lowest BCUT2D eigenvalue weighted by Crippen LogP contribution is -1.97. The fourth-order valence-electron chi connectivity index (χ4n) is 1.31. The van der Waals surface area contributed by atoms with Gasteiger partial charge >= 0.3 is 0 Å². The number of rotatable bonds is 4. The van der Waals surface area contributed by atoms with Crippen LogP contribution in [0, 0.1) is 6.92 Å². The summed E-state index contributed by atoms with van der Waals surface area (Å²) in [5, 5.41) is 9.72. The lowest BCUT2D eigenvalue weighted by molar-refractivity contribution is 0.166. The number of hydrogen-bond donors (Lipinski definition) is 1. The van der Waals surface area contributed by atoms with Gasteiger partial charge in [0.1, 0.15) is 0 Å². The van der Waals surface area contributed by atoms with E-state index in [-0.39, 0.29) is 6.10 Å². The van der Waals surface area contributed by atoms with Crippen molar-refractivity contribution in [2.75, 3.05) is 5.88 Å². The number of benzene rings is 1. The minimum atomic E-state index is -0.362. The molecule has 2 heteroatoms. The van der Waals surface area contributed by atoms with E-state index in [1.165, 1.54) is 5.56 Å². The van der Waals surface area contributed by atoms with Gasteiger partial charge in [0.15, 0.2) is 0 Å². The fourth-order valence-corrected chi connectivity index (χ4v) is 1.47. The Morgan fingerprint density at radius 3 is 2.85 bits per heavy atom. The maximum Gasteiger partial charge on any atom is 0.0790 e. The van der Waals surface area contributed by atoms with Crippen LogP contribution in [-0.2, 0) is 0 Å². The summed E-state index contributed by atoms with van der Waals surface area (Å²) in [6.07, 6.45) is 1.24. The molecule has 1 rings (SSSR count). The standard InChI is InChI=1S/C11H15ClO/c1-9-4-2-5-10(8-9)11(13)6-3-7-12/h2,4-5,8,11,13H,3,6-7H2,1H3. The summed E-state index contributed by atoms with van der Waals surface area (Å²) >= 11 is 5.55. The molecule has 0 aliphatic rings. The Labute approximate surface area is 84.4 Å². The maximum absolute atomic E-state index is 9.72. The van der Waals surface area contributed by atoms with Gasteiger partial charge in [-0.3, -0.25) is 0 Å². The normalized spacial score (nSPS) is 12.8.